The van der Waals surface area contributed by atoms with Gasteiger partial charge in [0, 0.05) is 32.2 Å². The number of aromatic nitrogens is 2. The van der Waals surface area contributed by atoms with E-state index in [0.29, 0.717) is 32.6 Å². The molecule has 0 aliphatic carbocycles. The number of H-pyrrole nitrogens is 1. The second-order valence-corrected chi connectivity index (χ2v) is 8.39. The molecule has 2 heterocycles. The molecule has 2 amide bonds. The van der Waals surface area contributed by atoms with Crippen LogP contribution in [0.3, 0.4) is 0 Å². The van der Waals surface area contributed by atoms with Gasteiger partial charge in [-0.15, -0.1) is 0 Å². The van der Waals surface area contributed by atoms with Crippen LogP contribution in [0, 0.1) is 12.8 Å². The van der Waals surface area contributed by atoms with Gasteiger partial charge in [-0.3, -0.25) is 14.4 Å². The lowest BCUT2D eigenvalue weighted by molar-refractivity contribution is -0.134. The van der Waals surface area contributed by atoms with Crippen molar-refractivity contribution in [3.8, 4) is 11.1 Å². The van der Waals surface area contributed by atoms with E-state index in [-0.39, 0.29) is 29.0 Å². The van der Waals surface area contributed by atoms with Crippen LogP contribution < -0.4 is 5.56 Å². The fourth-order valence-corrected chi connectivity index (χ4v) is 4.37. The molecular formula is C26H28N4O3. The summed E-state index contributed by atoms with van der Waals surface area (Å²) in [5, 5.41) is 6.19. The van der Waals surface area contributed by atoms with Crippen LogP contribution in [0.5, 0.6) is 0 Å². The monoisotopic (exact) mass is 444 g/mol. The Morgan fingerprint density at radius 2 is 1.88 bits per heavy atom. The summed E-state index contributed by atoms with van der Waals surface area (Å²) >= 11 is 0. The lowest BCUT2D eigenvalue weighted by atomic mass is 9.93. The molecule has 1 aliphatic rings. The third-order valence-corrected chi connectivity index (χ3v) is 6.17. The minimum Gasteiger partial charge on any atom is -0.341 e. The number of carbonyl (C=O) groups is 2. The van der Waals surface area contributed by atoms with Gasteiger partial charge in [-0.05, 0) is 48.6 Å². The van der Waals surface area contributed by atoms with E-state index in [9.17, 15) is 14.4 Å². The number of nitrogens with zero attached hydrogens (tertiary/aromatic N) is 3. The quantitative estimate of drug-likeness (QED) is 0.656. The van der Waals surface area contributed by atoms with Crippen molar-refractivity contribution in [3.63, 3.8) is 0 Å². The summed E-state index contributed by atoms with van der Waals surface area (Å²) in [7, 11) is 0. The SMILES string of the molecule is CCN1CCN(C(=O)c2ccc(=O)[nH]n2)C[C@H](Cc2cccc(-c3ccccc3C)c2)C1=O. The zero-order valence-corrected chi connectivity index (χ0v) is 19.0. The van der Waals surface area contributed by atoms with E-state index in [4.69, 9.17) is 0 Å². The first kappa shape index (κ1) is 22.5. The third-order valence-electron chi connectivity index (χ3n) is 6.17. The van der Waals surface area contributed by atoms with Crippen molar-refractivity contribution < 1.29 is 9.59 Å². The van der Waals surface area contributed by atoms with Gasteiger partial charge in [-0.25, -0.2) is 5.10 Å². The predicted molar refractivity (Wildman–Crippen MR) is 127 cm³/mol. The number of benzene rings is 2. The lowest BCUT2D eigenvalue weighted by Gasteiger charge is -2.23. The predicted octanol–water partition coefficient (Wildman–Crippen LogP) is 2.91. The Kier molecular flexibility index (Phi) is 6.68. The molecule has 0 bridgehead atoms. The Hall–Kier alpha value is -3.74. The van der Waals surface area contributed by atoms with Crippen LogP contribution in [-0.2, 0) is 11.2 Å². The van der Waals surface area contributed by atoms with Gasteiger partial charge in [-0.1, -0.05) is 48.5 Å². The number of aryl methyl sites for hydroxylation is 1. The Balaban J connectivity index is 1.59. The van der Waals surface area contributed by atoms with Gasteiger partial charge in [-0.2, -0.15) is 5.10 Å². The molecule has 7 heteroatoms. The molecule has 2 aromatic carbocycles. The average Bonchev–Trinajstić information content (AvgIpc) is 2.98. The van der Waals surface area contributed by atoms with Gasteiger partial charge in [0.15, 0.2) is 0 Å². The molecule has 4 rings (SSSR count). The van der Waals surface area contributed by atoms with Crippen LogP contribution in [0.2, 0.25) is 0 Å². The molecule has 1 fully saturated rings. The number of amides is 2. The number of nitrogens with one attached hydrogen (secondary N) is 1. The molecule has 1 N–H and O–H groups in total. The molecule has 7 nitrogen and oxygen atoms in total. The summed E-state index contributed by atoms with van der Waals surface area (Å²) in [5.41, 5.74) is 4.35. The molecule has 0 spiro atoms. The molecular weight excluding hydrogens is 416 g/mol. The van der Waals surface area contributed by atoms with Crippen molar-refractivity contribution in [2.75, 3.05) is 26.2 Å². The number of likely N-dealkylation sites (N-methyl/N-ethyl adjacent to an activating group) is 1. The van der Waals surface area contributed by atoms with E-state index in [1.54, 1.807) is 4.90 Å². The van der Waals surface area contributed by atoms with E-state index in [1.165, 1.54) is 23.3 Å². The lowest BCUT2D eigenvalue weighted by Crippen LogP contribution is -2.38. The van der Waals surface area contributed by atoms with Gasteiger partial charge >= 0.3 is 0 Å². The topological polar surface area (TPSA) is 86.4 Å². The highest BCUT2D eigenvalue weighted by Gasteiger charge is 2.32. The highest BCUT2D eigenvalue weighted by atomic mass is 16.2. The van der Waals surface area contributed by atoms with Crippen molar-refractivity contribution in [3.05, 3.63) is 87.8 Å². The summed E-state index contributed by atoms with van der Waals surface area (Å²) in [6, 6.07) is 19.2. The molecule has 1 saturated heterocycles. The van der Waals surface area contributed by atoms with E-state index in [0.717, 1.165) is 11.1 Å². The Morgan fingerprint density at radius 1 is 1.06 bits per heavy atom. The number of aromatic amines is 1. The number of rotatable bonds is 5. The number of hydrogen-bond donors (Lipinski definition) is 1. The van der Waals surface area contributed by atoms with Gasteiger partial charge in [0.2, 0.25) is 5.91 Å². The highest BCUT2D eigenvalue weighted by molar-refractivity contribution is 5.93. The smallest absolute Gasteiger partial charge is 0.274 e. The summed E-state index contributed by atoms with van der Waals surface area (Å²) < 4.78 is 0. The number of hydrogen-bond acceptors (Lipinski definition) is 4. The Labute approximate surface area is 193 Å². The summed E-state index contributed by atoms with van der Waals surface area (Å²) in [6.45, 7) is 5.85. The molecule has 170 valence electrons. The van der Waals surface area contributed by atoms with Crippen LogP contribution >= 0.6 is 0 Å². The van der Waals surface area contributed by atoms with Crippen molar-refractivity contribution in [2.45, 2.75) is 20.3 Å². The first-order chi connectivity index (χ1) is 16.0. The standard InChI is InChI=1S/C26H28N4O3/c1-3-29-13-14-30(26(33)23-11-12-24(31)28-27-23)17-21(25(29)32)16-19-8-6-9-20(15-19)22-10-5-4-7-18(22)2/h4-12,15,21H,3,13-14,16-17H2,1-2H3,(H,28,31)/t21-/m0/s1. The maximum Gasteiger partial charge on any atom is 0.274 e. The maximum atomic E-state index is 13.3. The molecule has 1 aliphatic heterocycles. The van der Waals surface area contributed by atoms with Crippen molar-refractivity contribution in [2.24, 2.45) is 5.92 Å². The zero-order valence-electron chi connectivity index (χ0n) is 19.0. The van der Waals surface area contributed by atoms with Gasteiger partial charge < -0.3 is 9.80 Å². The molecule has 0 unspecified atom stereocenters. The number of carbonyl (C=O) groups excluding carboxylic acids is 2. The van der Waals surface area contributed by atoms with Gasteiger partial charge in [0.1, 0.15) is 5.69 Å². The van der Waals surface area contributed by atoms with Gasteiger partial charge in [0.05, 0.1) is 5.92 Å². The highest BCUT2D eigenvalue weighted by Crippen LogP contribution is 2.26. The first-order valence-electron chi connectivity index (χ1n) is 11.2. The molecule has 1 atom stereocenters. The molecule has 0 radical (unpaired) electrons. The fraction of sp³-hybridized carbons (Fsp3) is 0.308. The van der Waals surface area contributed by atoms with Crippen molar-refractivity contribution in [1.29, 1.82) is 0 Å². The normalized spacial score (nSPS) is 16.5. The molecule has 33 heavy (non-hydrogen) atoms. The van der Waals surface area contributed by atoms with Gasteiger partial charge in [0.25, 0.3) is 11.5 Å². The fourth-order valence-electron chi connectivity index (χ4n) is 4.37. The molecule has 3 aromatic rings. The van der Waals surface area contributed by atoms with Crippen LogP contribution in [0.15, 0.2) is 65.5 Å². The summed E-state index contributed by atoms with van der Waals surface area (Å²) in [6.07, 6.45) is 0.540. The molecule has 0 saturated carbocycles. The minimum atomic E-state index is -0.360. The third kappa shape index (κ3) is 5.03. The van der Waals surface area contributed by atoms with Crippen LogP contribution in [0.4, 0.5) is 0 Å². The van der Waals surface area contributed by atoms with Crippen molar-refractivity contribution in [1.82, 2.24) is 20.0 Å². The summed E-state index contributed by atoms with van der Waals surface area (Å²) in [4.78, 5) is 41.1. The largest absolute Gasteiger partial charge is 0.341 e. The molecule has 1 aromatic heterocycles. The second kappa shape index (κ2) is 9.81. The van der Waals surface area contributed by atoms with E-state index < -0.39 is 0 Å². The van der Waals surface area contributed by atoms with E-state index in [1.807, 2.05) is 36.1 Å². The van der Waals surface area contributed by atoms with Crippen LogP contribution in [-0.4, -0.2) is 58.0 Å². The Morgan fingerprint density at radius 3 is 2.61 bits per heavy atom. The average molecular weight is 445 g/mol. The van der Waals surface area contributed by atoms with Crippen LogP contribution in [0.1, 0.15) is 28.5 Å². The van der Waals surface area contributed by atoms with E-state index in [2.05, 4.69) is 41.4 Å². The zero-order chi connectivity index (χ0) is 23.4. The first-order valence-corrected chi connectivity index (χ1v) is 11.2. The van der Waals surface area contributed by atoms with Crippen LogP contribution in [0.25, 0.3) is 11.1 Å². The maximum absolute atomic E-state index is 13.3. The van der Waals surface area contributed by atoms with E-state index >= 15 is 0 Å². The minimum absolute atomic E-state index is 0.0588. The second-order valence-electron chi connectivity index (χ2n) is 8.39. The Bertz CT molecular complexity index is 1200. The van der Waals surface area contributed by atoms with Crippen molar-refractivity contribution >= 4 is 11.8 Å². The summed E-state index contributed by atoms with van der Waals surface area (Å²) in [5.74, 6) is -0.578.